The van der Waals surface area contributed by atoms with Crippen LogP contribution in [0.3, 0.4) is 0 Å². The Bertz CT molecular complexity index is 601. The second kappa shape index (κ2) is 5.56. The first-order chi connectivity index (χ1) is 10.4. The molecule has 110 valence electrons. The van der Waals surface area contributed by atoms with Crippen LogP contribution in [-0.4, -0.2) is 13.2 Å². The van der Waals surface area contributed by atoms with E-state index < -0.39 is 0 Å². The van der Waals surface area contributed by atoms with Gasteiger partial charge in [-0.3, -0.25) is 0 Å². The average Bonchev–Trinajstić information content (AvgIpc) is 3.12. The Morgan fingerprint density at radius 2 is 2.00 bits per heavy atom. The van der Waals surface area contributed by atoms with Crippen LogP contribution in [0.15, 0.2) is 41.8 Å². The van der Waals surface area contributed by atoms with Crippen LogP contribution in [0.5, 0.6) is 0 Å². The zero-order chi connectivity index (χ0) is 14.1. The molecule has 21 heavy (non-hydrogen) atoms. The summed E-state index contributed by atoms with van der Waals surface area (Å²) in [5.41, 5.74) is 3.40. The third-order valence-corrected chi connectivity index (χ3v) is 5.95. The van der Waals surface area contributed by atoms with Gasteiger partial charge in [0.05, 0.1) is 0 Å². The smallest absolute Gasteiger partial charge is 0.0472 e. The summed E-state index contributed by atoms with van der Waals surface area (Å²) >= 11 is 1.84. The summed E-state index contributed by atoms with van der Waals surface area (Å²) in [6.45, 7) is 2.79. The van der Waals surface area contributed by atoms with Crippen LogP contribution in [-0.2, 0) is 17.7 Å². The van der Waals surface area contributed by atoms with Gasteiger partial charge in [-0.25, -0.2) is 0 Å². The van der Waals surface area contributed by atoms with E-state index in [0.29, 0.717) is 11.5 Å². The first kappa shape index (κ1) is 13.5. The molecule has 1 N–H and O–H groups in total. The second-order valence-electron chi connectivity index (χ2n) is 6.24. The van der Waals surface area contributed by atoms with Gasteiger partial charge in [0.25, 0.3) is 0 Å². The number of hydrogen-bond donors (Lipinski definition) is 1. The Balaban J connectivity index is 1.62. The lowest BCUT2D eigenvalue weighted by atomic mass is 9.74. The van der Waals surface area contributed by atoms with Gasteiger partial charge in [-0.2, -0.15) is 0 Å². The van der Waals surface area contributed by atoms with Crippen molar-refractivity contribution in [1.29, 1.82) is 0 Å². The van der Waals surface area contributed by atoms with Crippen LogP contribution >= 0.6 is 11.3 Å². The molecule has 4 rings (SSSR count). The fraction of sp³-hybridized carbons (Fsp3) is 0.444. The predicted octanol–water partition coefficient (Wildman–Crippen LogP) is 3.93. The lowest BCUT2D eigenvalue weighted by Crippen LogP contribution is -2.39. The van der Waals surface area contributed by atoms with E-state index in [1.54, 1.807) is 0 Å². The highest BCUT2D eigenvalue weighted by molar-refractivity contribution is 7.09. The van der Waals surface area contributed by atoms with E-state index >= 15 is 0 Å². The number of fused-ring (bicyclic) bond motifs is 1. The standard InChI is InChI=1S/C18H21NOS/c1-2-6-16-14(4-1)12-18(7-9-20-10-8-18)17(16)19-13-15-5-3-11-21-15/h1-6,11,17,19H,7-10,12-13H2. The molecule has 3 heteroatoms. The number of nitrogens with one attached hydrogen (secondary N) is 1. The highest BCUT2D eigenvalue weighted by Gasteiger charge is 2.46. The first-order valence-corrected chi connectivity index (χ1v) is 8.67. The van der Waals surface area contributed by atoms with Crippen LogP contribution in [0.4, 0.5) is 0 Å². The Kier molecular flexibility index (Phi) is 3.57. The quantitative estimate of drug-likeness (QED) is 0.927. The molecule has 1 atom stereocenters. The van der Waals surface area contributed by atoms with E-state index in [9.17, 15) is 0 Å². The molecule has 0 amide bonds. The van der Waals surface area contributed by atoms with Gasteiger partial charge in [0.15, 0.2) is 0 Å². The highest BCUT2D eigenvalue weighted by Crippen LogP contribution is 2.51. The second-order valence-corrected chi connectivity index (χ2v) is 7.28. The summed E-state index contributed by atoms with van der Waals surface area (Å²) < 4.78 is 5.63. The van der Waals surface area contributed by atoms with Crippen molar-refractivity contribution in [2.24, 2.45) is 5.41 Å². The van der Waals surface area contributed by atoms with Crippen molar-refractivity contribution in [3.8, 4) is 0 Å². The van der Waals surface area contributed by atoms with Crippen LogP contribution in [0.1, 0.15) is 34.9 Å². The molecule has 0 radical (unpaired) electrons. The van der Waals surface area contributed by atoms with E-state index in [-0.39, 0.29) is 0 Å². The van der Waals surface area contributed by atoms with Gasteiger partial charge in [0.2, 0.25) is 0 Å². The number of benzene rings is 1. The molecule has 2 nitrogen and oxygen atoms in total. The van der Waals surface area contributed by atoms with Gasteiger partial charge in [0, 0.05) is 30.7 Å². The molecule has 2 aliphatic rings. The zero-order valence-electron chi connectivity index (χ0n) is 12.2. The van der Waals surface area contributed by atoms with Crippen molar-refractivity contribution in [2.45, 2.75) is 31.8 Å². The SMILES string of the molecule is c1csc(CNC2c3ccccc3CC23CCOCC3)c1. The minimum absolute atomic E-state index is 0.360. The van der Waals surface area contributed by atoms with Crippen molar-refractivity contribution >= 4 is 11.3 Å². The molecule has 1 spiro atoms. The van der Waals surface area contributed by atoms with E-state index in [1.807, 2.05) is 11.3 Å². The fourth-order valence-electron chi connectivity index (χ4n) is 3.97. The first-order valence-electron chi connectivity index (χ1n) is 7.79. The van der Waals surface area contributed by atoms with Gasteiger partial charge in [-0.1, -0.05) is 30.3 Å². The van der Waals surface area contributed by atoms with Crippen LogP contribution in [0.2, 0.25) is 0 Å². The number of thiophene rings is 1. The summed E-state index contributed by atoms with van der Waals surface area (Å²) in [7, 11) is 0. The fourth-order valence-corrected chi connectivity index (χ4v) is 4.63. The maximum absolute atomic E-state index is 5.63. The van der Waals surface area contributed by atoms with Crippen LogP contribution in [0.25, 0.3) is 0 Å². The molecule has 1 fully saturated rings. The zero-order valence-corrected chi connectivity index (χ0v) is 13.0. The molecular weight excluding hydrogens is 278 g/mol. The molecule has 1 aliphatic heterocycles. The summed E-state index contributed by atoms with van der Waals surface area (Å²) in [6.07, 6.45) is 3.54. The van der Waals surface area contributed by atoms with E-state index in [4.69, 9.17) is 4.74 Å². The molecule has 0 bridgehead atoms. The average molecular weight is 299 g/mol. The predicted molar refractivity (Wildman–Crippen MR) is 86.5 cm³/mol. The van der Waals surface area contributed by atoms with Crippen molar-refractivity contribution < 1.29 is 4.74 Å². The maximum Gasteiger partial charge on any atom is 0.0472 e. The molecule has 1 aromatic carbocycles. The molecule has 2 aromatic rings. The minimum atomic E-state index is 0.360. The number of hydrogen-bond acceptors (Lipinski definition) is 3. The van der Waals surface area contributed by atoms with Gasteiger partial charge in [0.1, 0.15) is 0 Å². The number of ether oxygens (including phenoxy) is 1. The Hall–Kier alpha value is -1.16. The summed E-state index contributed by atoms with van der Waals surface area (Å²) in [5.74, 6) is 0. The Labute approximate surface area is 130 Å². The summed E-state index contributed by atoms with van der Waals surface area (Å²) in [6, 6.07) is 13.8. The molecular formula is C18H21NOS. The maximum atomic E-state index is 5.63. The largest absolute Gasteiger partial charge is 0.381 e. The molecule has 0 saturated carbocycles. The molecule has 1 aliphatic carbocycles. The Morgan fingerprint density at radius 3 is 2.81 bits per heavy atom. The van der Waals surface area contributed by atoms with Gasteiger partial charge >= 0.3 is 0 Å². The van der Waals surface area contributed by atoms with Crippen molar-refractivity contribution in [3.05, 3.63) is 57.8 Å². The van der Waals surface area contributed by atoms with Gasteiger partial charge in [-0.15, -0.1) is 11.3 Å². The summed E-state index contributed by atoms with van der Waals surface area (Å²) in [4.78, 5) is 1.42. The monoisotopic (exact) mass is 299 g/mol. The Morgan fingerprint density at radius 1 is 1.14 bits per heavy atom. The minimum Gasteiger partial charge on any atom is -0.381 e. The van der Waals surface area contributed by atoms with E-state index in [2.05, 4.69) is 47.1 Å². The van der Waals surface area contributed by atoms with E-state index in [0.717, 1.165) is 19.8 Å². The van der Waals surface area contributed by atoms with E-state index in [1.165, 1.54) is 35.3 Å². The van der Waals surface area contributed by atoms with Crippen LogP contribution in [0, 0.1) is 5.41 Å². The van der Waals surface area contributed by atoms with Crippen molar-refractivity contribution in [2.75, 3.05) is 13.2 Å². The third-order valence-electron chi connectivity index (χ3n) is 5.07. The number of rotatable bonds is 3. The lowest BCUT2D eigenvalue weighted by molar-refractivity contribution is -0.000180. The van der Waals surface area contributed by atoms with Crippen LogP contribution < -0.4 is 5.32 Å². The normalized spacial score (nSPS) is 23.3. The molecule has 1 aromatic heterocycles. The molecule has 1 saturated heterocycles. The topological polar surface area (TPSA) is 21.3 Å². The van der Waals surface area contributed by atoms with Crippen molar-refractivity contribution in [1.82, 2.24) is 5.32 Å². The highest BCUT2D eigenvalue weighted by atomic mass is 32.1. The summed E-state index contributed by atoms with van der Waals surface area (Å²) in [5, 5.41) is 6.01. The van der Waals surface area contributed by atoms with Crippen molar-refractivity contribution in [3.63, 3.8) is 0 Å². The van der Waals surface area contributed by atoms with Gasteiger partial charge < -0.3 is 10.1 Å². The van der Waals surface area contributed by atoms with Gasteiger partial charge in [-0.05, 0) is 47.3 Å². The lowest BCUT2D eigenvalue weighted by Gasteiger charge is -2.39. The third kappa shape index (κ3) is 2.44. The molecule has 2 heterocycles. The molecule has 1 unspecified atom stereocenters.